The summed E-state index contributed by atoms with van der Waals surface area (Å²) in [5.74, 6) is 0.678. The Morgan fingerprint density at radius 1 is 0.903 bits per heavy atom. The molecule has 0 fully saturated rings. The molecule has 0 unspecified atom stereocenters. The second kappa shape index (κ2) is 9.03. The molecule has 158 valence electrons. The summed E-state index contributed by atoms with van der Waals surface area (Å²) in [5.41, 5.74) is 0.355. The van der Waals surface area contributed by atoms with E-state index in [-0.39, 0.29) is 18.0 Å². The highest BCUT2D eigenvalue weighted by Gasteiger charge is 2.15. The number of ether oxygens (including phenoxy) is 1. The lowest BCUT2D eigenvalue weighted by molar-refractivity contribution is -0.118. The van der Waals surface area contributed by atoms with Crippen LogP contribution in [0.3, 0.4) is 0 Å². The van der Waals surface area contributed by atoms with E-state index in [9.17, 15) is 13.2 Å². The van der Waals surface area contributed by atoms with Crippen LogP contribution in [0.4, 0.5) is 5.69 Å². The van der Waals surface area contributed by atoms with E-state index in [1.807, 2.05) is 36.4 Å². The van der Waals surface area contributed by atoms with Crippen LogP contribution in [0.15, 0.2) is 94.4 Å². The van der Waals surface area contributed by atoms with Crippen molar-refractivity contribution in [2.75, 3.05) is 11.9 Å². The number of benzene rings is 3. The highest BCUT2D eigenvalue weighted by molar-refractivity contribution is 7.89. The first kappa shape index (κ1) is 20.6. The van der Waals surface area contributed by atoms with Crippen LogP contribution in [-0.4, -0.2) is 20.9 Å². The fourth-order valence-electron chi connectivity index (χ4n) is 3.01. The number of hydrogen-bond donors (Lipinski definition) is 2. The van der Waals surface area contributed by atoms with Crippen LogP contribution in [-0.2, 0) is 21.4 Å². The third kappa shape index (κ3) is 5.30. The quantitative estimate of drug-likeness (QED) is 0.436. The van der Waals surface area contributed by atoms with Crippen molar-refractivity contribution in [2.24, 2.45) is 0 Å². The summed E-state index contributed by atoms with van der Waals surface area (Å²) in [6.07, 6.45) is 1.47. The monoisotopic (exact) mass is 436 g/mol. The number of fused-ring (bicyclic) bond motifs is 1. The number of carbonyl (C=O) groups excluding carboxylic acids is 1. The molecule has 0 radical (unpaired) electrons. The lowest BCUT2D eigenvalue weighted by atomic mass is 10.1. The predicted octanol–water partition coefficient (Wildman–Crippen LogP) is 3.93. The van der Waals surface area contributed by atoms with Gasteiger partial charge in [-0.2, -0.15) is 0 Å². The van der Waals surface area contributed by atoms with Crippen molar-refractivity contribution >= 4 is 32.4 Å². The van der Waals surface area contributed by atoms with Gasteiger partial charge in [0.15, 0.2) is 6.61 Å². The number of anilines is 1. The Kier molecular flexibility index (Phi) is 6.01. The smallest absolute Gasteiger partial charge is 0.262 e. The first-order valence-corrected chi connectivity index (χ1v) is 11.0. The van der Waals surface area contributed by atoms with E-state index in [4.69, 9.17) is 9.15 Å². The number of furan rings is 1. The van der Waals surface area contributed by atoms with Crippen molar-refractivity contribution in [3.05, 3.63) is 90.9 Å². The van der Waals surface area contributed by atoms with E-state index in [0.29, 0.717) is 17.2 Å². The van der Waals surface area contributed by atoms with Gasteiger partial charge in [0.2, 0.25) is 10.0 Å². The van der Waals surface area contributed by atoms with Crippen LogP contribution in [0.1, 0.15) is 5.76 Å². The molecule has 0 bridgehead atoms. The molecule has 0 saturated carbocycles. The molecule has 8 heteroatoms. The Hall–Kier alpha value is -3.62. The molecule has 4 rings (SSSR count). The van der Waals surface area contributed by atoms with E-state index in [1.54, 1.807) is 30.3 Å². The van der Waals surface area contributed by atoms with Crippen LogP contribution in [0.5, 0.6) is 5.75 Å². The summed E-state index contributed by atoms with van der Waals surface area (Å²) >= 11 is 0. The van der Waals surface area contributed by atoms with Gasteiger partial charge in [0.1, 0.15) is 11.5 Å². The fourth-order valence-corrected chi connectivity index (χ4v) is 4.05. The first-order valence-electron chi connectivity index (χ1n) is 9.53. The zero-order chi connectivity index (χ0) is 21.7. The summed E-state index contributed by atoms with van der Waals surface area (Å²) in [7, 11) is -3.76. The topological polar surface area (TPSA) is 97.6 Å². The lowest BCUT2D eigenvalue weighted by Crippen LogP contribution is -2.24. The normalized spacial score (nSPS) is 11.4. The van der Waals surface area contributed by atoms with Gasteiger partial charge in [-0.25, -0.2) is 13.1 Å². The molecule has 0 aliphatic rings. The van der Waals surface area contributed by atoms with Crippen molar-refractivity contribution in [1.82, 2.24) is 4.72 Å². The minimum absolute atomic E-state index is 0.0333. The SMILES string of the molecule is O=C(COc1ccc2ccccc2c1)Nc1cccc(S(=O)(=O)NCc2ccco2)c1. The summed E-state index contributed by atoms with van der Waals surface area (Å²) < 4.78 is 38.1. The average molecular weight is 436 g/mol. The second-order valence-electron chi connectivity index (χ2n) is 6.78. The standard InChI is InChI=1S/C23H20N2O5S/c26-23(16-30-20-11-10-17-5-1-2-6-18(17)13-20)25-19-7-3-9-22(14-19)31(27,28)24-15-21-8-4-12-29-21/h1-14,24H,15-16H2,(H,25,26). The van der Waals surface area contributed by atoms with Gasteiger partial charge in [-0.15, -0.1) is 0 Å². The first-order chi connectivity index (χ1) is 15.0. The van der Waals surface area contributed by atoms with Gasteiger partial charge in [0, 0.05) is 5.69 Å². The number of nitrogens with one attached hydrogen (secondary N) is 2. The third-order valence-corrected chi connectivity index (χ3v) is 5.93. The molecule has 0 aliphatic heterocycles. The lowest BCUT2D eigenvalue weighted by Gasteiger charge is -2.10. The minimum Gasteiger partial charge on any atom is -0.484 e. The maximum atomic E-state index is 12.5. The van der Waals surface area contributed by atoms with Crippen molar-refractivity contribution in [2.45, 2.75) is 11.4 Å². The van der Waals surface area contributed by atoms with Gasteiger partial charge in [0.05, 0.1) is 17.7 Å². The minimum atomic E-state index is -3.76. The molecule has 4 aromatic rings. The zero-order valence-electron chi connectivity index (χ0n) is 16.4. The van der Waals surface area contributed by atoms with Gasteiger partial charge in [-0.05, 0) is 53.2 Å². The van der Waals surface area contributed by atoms with Gasteiger partial charge in [0.25, 0.3) is 5.91 Å². The van der Waals surface area contributed by atoms with E-state index in [2.05, 4.69) is 10.0 Å². The highest BCUT2D eigenvalue weighted by atomic mass is 32.2. The molecule has 0 saturated heterocycles. The number of carbonyl (C=O) groups is 1. The molecule has 2 N–H and O–H groups in total. The Balaban J connectivity index is 1.36. The Bertz CT molecular complexity index is 1300. The Labute approximate surface area is 179 Å². The van der Waals surface area contributed by atoms with Crippen molar-refractivity contribution in [1.29, 1.82) is 0 Å². The molecule has 0 atom stereocenters. The van der Waals surface area contributed by atoms with Gasteiger partial charge >= 0.3 is 0 Å². The molecule has 31 heavy (non-hydrogen) atoms. The molecule has 1 aromatic heterocycles. The third-order valence-electron chi connectivity index (χ3n) is 4.54. The molecule has 0 spiro atoms. The summed E-state index contributed by atoms with van der Waals surface area (Å²) in [4.78, 5) is 12.3. The fraction of sp³-hybridized carbons (Fsp3) is 0.0870. The summed E-state index contributed by atoms with van der Waals surface area (Å²) in [6.45, 7) is -0.169. The van der Waals surface area contributed by atoms with Gasteiger partial charge in [-0.1, -0.05) is 36.4 Å². The number of rotatable bonds is 8. The van der Waals surface area contributed by atoms with Crippen LogP contribution < -0.4 is 14.8 Å². The van der Waals surface area contributed by atoms with Crippen molar-refractivity contribution < 1.29 is 22.4 Å². The number of hydrogen-bond acceptors (Lipinski definition) is 5. The Morgan fingerprint density at radius 3 is 2.55 bits per heavy atom. The zero-order valence-corrected chi connectivity index (χ0v) is 17.3. The van der Waals surface area contributed by atoms with E-state index in [1.165, 1.54) is 18.4 Å². The van der Waals surface area contributed by atoms with Crippen LogP contribution >= 0.6 is 0 Å². The molecule has 1 heterocycles. The Morgan fingerprint density at radius 2 is 1.74 bits per heavy atom. The predicted molar refractivity (Wildman–Crippen MR) is 117 cm³/mol. The van der Waals surface area contributed by atoms with Crippen molar-refractivity contribution in [3.63, 3.8) is 0 Å². The van der Waals surface area contributed by atoms with Crippen LogP contribution in [0.2, 0.25) is 0 Å². The van der Waals surface area contributed by atoms with Crippen LogP contribution in [0, 0.1) is 0 Å². The highest BCUT2D eigenvalue weighted by Crippen LogP contribution is 2.21. The maximum absolute atomic E-state index is 12.5. The van der Waals surface area contributed by atoms with E-state index >= 15 is 0 Å². The molecule has 0 aliphatic carbocycles. The van der Waals surface area contributed by atoms with Crippen molar-refractivity contribution in [3.8, 4) is 5.75 Å². The molecular weight excluding hydrogens is 416 g/mol. The second-order valence-corrected chi connectivity index (χ2v) is 8.54. The summed E-state index contributed by atoms with van der Waals surface area (Å²) in [5, 5.41) is 4.75. The number of amides is 1. The molecule has 1 amide bonds. The van der Waals surface area contributed by atoms with Crippen LogP contribution in [0.25, 0.3) is 10.8 Å². The van der Waals surface area contributed by atoms with E-state index in [0.717, 1.165) is 10.8 Å². The van der Waals surface area contributed by atoms with E-state index < -0.39 is 15.9 Å². The molecule has 7 nitrogen and oxygen atoms in total. The number of sulfonamides is 1. The largest absolute Gasteiger partial charge is 0.484 e. The average Bonchev–Trinajstić information content (AvgIpc) is 3.30. The summed E-state index contributed by atoms with van der Waals surface area (Å²) in [6, 6.07) is 22.8. The molecule has 3 aromatic carbocycles. The van der Waals surface area contributed by atoms with Gasteiger partial charge < -0.3 is 14.5 Å². The maximum Gasteiger partial charge on any atom is 0.262 e. The van der Waals surface area contributed by atoms with Gasteiger partial charge in [-0.3, -0.25) is 4.79 Å². The molecular formula is C23H20N2O5S.